The first-order chi connectivity index (χ1) is 8.73. The molecule has 6 nitrogen and oxygen atoms in total. The smallest absolute Gasteiger partial charge is 0.239 e. The van der Waals surface area contributed by atoms with Gasteiger partial charge in [0, 0.05) is 17.5 Å². The average Bonchev–Trinajstić information content (AvgIpc) is 2.28. The van der Waals surface area contributed by atoms with Crippen molar-refractivity contribution in [3.63, 3.8) is 0 Å². The summed E-state index contributed by atoms with van der Waals surface area (Å²) < 4.78 is 0. The van der Waals surface area contributed by atoms with Gasteiger partial charge in [-0.3, -0.25) is 4.79 Å². The Bertz CT molecular complexity index is 465. The number of carbonyl (C=O) groups excluding carboxylic acids is 1. The minimum atomic E-state index is -0.243. The lowest BCUT2D eigenvalue weighted by atomic mass is 10.1. The van der Waals surface area contributed by atoms with Crippen molar-refractivity contribution in [2.45, 2.75) is 46.6 Å². The highest BCUT2D eigenvalue weighted by atomic mass is 16.2. The van der Waals surface area contributed by atoms with Crippen LogP contribution < -0.4 is 16.4 Å². The Labute approximate surface area is 114 Å². The Balaban J connectivity index is 2.72. The van der Waals surface area contributed by atoms with Gasteiger partial charge in [0.25, 0.3) is 0 Å². The van der Waals surface area contributed by atoms with E-state index in [0.717, 1.165) is 5.56 Å². The molecule has 0 spiro atoms. The maximum Gasteiger partial charge on any atom is 0.239 e. The van der Waals surface area contributed by atoms with Gasteiger partial charge in [0.2, 0.25) is 5.91 Å². The Morgan fingerprint density at radius 3 is 2.47 bits per heavy atom. The van der Waals surface area contributed by atoms with Crippen molar-refractivity contribution in [3.05, 3.63) is 11.4 Å². The summed E-state index contributed by atoms with van der Waals surface area (Å²) in [6.07, 6.45) is 0.702. The Morgan fingerprint density at radius 2 is 1.95 bits per heavy atom. The van der Waals surface area contributed by atoms with E-state index in [1.807, 2.05) is 34.6 Å². The van der Waals surface area contributed by atoms with Crippen LogP contribution in [0.15, 0.2) is 0 Å². The van der Waals surface area contributed by atoms with Gasteiger partial charge in [-0.2, -0.15) is 0 Å². The molecule has 0 bridgehead atoms. The fourth-order valence-electron chi connectivity index (χ4n) is 1.54. The number of nitrogens with zero attached hydrogens (tertiary/aromatic N) is 2. The predicted octanol–water partition coefficient (Wildman–Crippen LogP) is 1.26. The summed E-state index contributed by atoms with van der Waals surface area (Å²) in [4.78, 5) is 20.2. The lowest BCUT2D eigenvalue weighted by Crippen LogP contribution is -2.43. The van der Waals surface area contributed by atoms with Crippen molar-refractivity contribution in [1.29, 1.82) is 0 Å². The molecule has 1 heterocycles. The van der Waals surface area contributed by atoms with E-state index >= 15 is 0 Å². The molecule has 0 fully saturated rings. The molecule has 0 aliphatic heterocycles. The summed E-state index contributed by atoms with van der Waals surface area (Å²) in [7, 11) is 0. The molecule has 19 heavy (non-hydrogen) atoms. The van der Waals surface area contributed by atoms with Gasteiger partial charge in [0.15, 0.2) is 0 Å². The molecule has 0 aromatic carbocycles. The highest BCUT2D eigenvalue weighted by Gasteiger charge is 2.14. The van der Waals surface area contributed by atoms with E-state index in [4.69, 9.17) is 5.73 Å². The van der Waals surface area contributed by atoms with Gasteiger partial charge in [-0.15, -0.1) is 0 Å². The van der Waals surface area contributed by atoms with E-state index in [1.165, 1.54) is 0 Å². The van der Waals surface area contributed by atoms with Gasteiger partial charge in [0.1, 0.15) is 17.5 Å². The largest absolute Gasteiger partial charge is 0.383 e. The van der Waals surface area contributed by atoms with E-state index in [9.17, 15) is 4.79 Å². The third-order valence-electron chi connectivity index (χ3n) is 2.48. The first kappa shape index (κ1) is 15.2. The SMILES string of the molecule is CCc1nc(N)c(C)c(NCC(=O)NC(C)(C)C)n1. The number of aryl methyl sites for hydroxylation is 1. The van der Waals surface area contributed by atoms with Crippen molar-refractivity contribution in [1.82, 2.24) is 15.3 Å². The van der Waals surface area contributed by atoms with Crippen LogP contribution in [-0.2, 0) is 11.2 Å². The fourth-order valence-corrected chi connectivity index (χ4v) is 1.54. The van der Waals surface area contributed by atoms with Crippen LogP contribution in [0.3, 0.4) is 0 Å². The van der Waals surface area contributed by atoms with Gasteiger partial charge in [-0.05, 0) is 27.7 Å². The van der Waals surface area contributed by atoms with Crippen molar-refractivity contribution < 1.29 is 4.79 Å². The third kappa shape index (κ3) is 4.73. The molecule has 0 unspecified atom stereocenters. The zero-order chi connectivity index (χ0) is 14.6. The maximum atomic E-state index is 11.7. The Hall–Kier alpha value is -1.85. The van der Waals surface area contributed by atoms with Gasteiger partial charge in [-0.25, -0.2) is 9.97 Å². The zero-order valence-electron chi connectivity index (χ0n) is 12.3. The minimum Gasteiger partial charge on any atom is -0.383 e. The van der Waals surface area contributed by atoms with Crippen LogP contribution in [0.25, 0.3) is 0 Å². The highest BCUT2D eigenvalue weighted by molar-refractivity contribution is 5.81. The average molecular weight is 265 g/mol. The second kappa shape index (κ2) is 5.86. The zero-order valence-corrected chi connectivity index (χ0v) is 12.3. The number of hydrogen-bond donors (Lipinski definition) is 3. The van der Waals surface area contributed by atoms with Crippen LogP contribution in [0, 0.1) is 6.92 Å². The maximum absolute atomic E-state index is 11.7. The normalized spacial score (nSPS) is 11.2. The molecule has 0 aliphatic rings. The lowest BCUT2D eigenvalue weighted by Gasteiger charge is -2.21. The van der Waals surface area contributed by atoms with Crippen molar-refractivity contribution in [2.24, 2.45) is 0 Å². The van der Waals surface area contributed by atoms with E-state index in [-0.39, 0.29) is 18.0 Å². The summed E-state index contributed by atoms with van der Waals surface area (Å²) in [5, 5.41) is 5.88. The van der Waals surface area contributed by atoms with Gasteiger partial charge in [-0.1, -0.05) is 6.92 Å². The van der Waals surface area contributed by atoms with Crippen LogP contribution >= 0.6 is 0 Å². The first-order valence-electron chi connectivity index (χ1n) is 6.40. The van der Waals surface area contributed by atoms with E-state index in [2.05, 4.69) is 20.6 Å². The topological polar surface area (TPSA) is 92.9 Å². The fraction of sp³-hybridized carbons (Fsp3) is 0.615. The summed E-state index contributed by atoms with van der Waals surface area (Å²) in [5.41, 5.74) is 6.34. The molecule has 4 N–H and O–H groups in total. The number of nitrogens with one attached hydrogen (secondary N) is 2. The third-order valence-corrected chi connectivity index (χ3v) is 2.48. The molecule has 0 radical (unpaired) electrons. The van der Waals surface area contributed by atoms with E-state index < -0.39 is 0 Å². The summed E-state index contributed by atoms with van der Waals surface area (Å²) >= 11 is 0. The Morgan fingerprint density at radius 1 is 1.32 bits per heavy atom. The molecule has 0 saturated heterocycles. The summed E-state index contributed by atoms with van der Waals surface area (Å²) in [5.74, 6) is 1.66. The molecule has 1 aromatic rings. The summed E-state index contributed by atoms with van der Waals surface area (Å²) in [6, 6.07) is 0. The lowest BCUT2D eigenvalue weighted by molar-refractivity contribution is -0.120. The molecule has 1 rings (SSSR count). The number of aromatic nitrogens is 2. The molecule has 6 heteroatoms. The van der Waals surface area contributed by atoms with Gasteiger partial charge < -0.3 is 16.4 Å². The number of nitrogens with two attached hydrogens (primary N) is 1. The molecular formula is C13H23N5O. The van der Waals surface area contributed by atoms with Crippen LogP contribution in [-0.4, -0.2) is 28.0 Å². The summed E-state index contributed by atoms with van der Waals surface area (Å²) in [6.45, 7) is 9.77. The van der Waals surface area contributed by atoms with Crippen LogP contribution in [0.5, 0.6) is 0 Å². The quantitative estimate of drug-likeness (QED) is 0.762. The molecule has 1 aromatic heterocycles. The molecule has 0 aliphatic carbocycles. The van der Waals surface area contributed by atoms with Crippen LogP contribution in [0.2, 0.25) is 0 Å². The molecular weight excluding hydrogens is 242 g/mol. The van der Waals surface area contributed by atoms with Crippen LogP contribution in [0.1, 0.15) is 39.1 Å². The highest BCUT2D eigenvalue weighted by Crippen LogP contribution is 2.17. The van der Waals surface area contributed by atoms with Gasteiger partial charge >= 0.3 is 0 Å². The number of amides is 1. The number of carbonyl (C=O) groups is 1. The number of nitrogen functional groups attached to an aromatic ring is 1. The first-order valence-corrected chi connectivity index (χ1v) is 6.40. The predicted molar refractivity (Wildman–Crippen MR) is 76.9 cm³/mol. The number of anilines is 2. The number of rotatable bonds is 4. The van der Waals surface area contributed by atoms with Crippen molar-refractivity contribution in [3.8, 4) is 0 Å². The van der Waals surface area contributed by atoms with E-state index in [1.54, 1.807) is 0 Å². The molecule has 0 atom stereocenters. The van der Waals surface area contributed by atoms with E-state index in [0.29, 0.717) is 23.9 Å². The molecule has 106 valence electrons. The Kier molecular flexibility index (Phi) is 4.69. The second-order valence-electron chi connectivity index (χ2n) is 5.50. The minimum absolute atomic E-state index is 0.0814. The van der Waals surface area contributed by atoms with Crippen LogP contribution in [0.4, 0.5) is 11.6 Å². The molecule has 1 amide bonds. The molecule has 0 saturated carbocycles. The van der Waals surface area contributed by atoms with Crippen molar-refractivity contribution in [2.75, 3.05) is 17.6 Å². The monoisotopic (exact) mass is 265 g/mol. The van der Waals surface area contributed by atoms with Gasteiger partial charge in [0.05, 0.1) is 6.54 Å². The number of hydrogen-bond acceptors (Lipinski definition) is 5. The van der Waals surface area contributed by atoms with Crippen molar-refractivity contribution >= 4 is 17.5 Å². The second-order valence-corrected chi connectivity index (χ2v) is 5.50. The standard InChI is InChI=1S/C13H23N5O/c1-6-9-16-11(14)8(2)12(17-9)15-7-10(19)18-13(3,4)5/h6-7H2,1-5H3,(H,18,19)(H3,14,15,16,17).